The maximum absolute atomic E-state index is 14.4. The van der Waals surface area contributed by atoms with Crippen LogP contribution in [0.5, 0.6) is 5.75 Å². The number of halogens is 5. The van der Waals surface area contributed by atoms with E-state index in [1.807, 2.05) is 0 Å². The van der Waals surface area contributed by atoms with Gasteiger partial charge in [0.05, 0.1) is 18.9 Å². The van der Waals surface area contributed by atoms with Crippen molar-refractivity contribution in [3.63, 3.8) is 0 Å². The molecule has 1 amide bonds. The number of pyridine rings is 1. The number of rotatable bonds is 6. The third kappa shape index (κ3) is 4.82. The zero-order valence-corrected chi connectivity index (χ0v) is 19.2. The molecule has 1 aliphatic rings. The Labute approximate surface area is 197 Å². The van der Waals surface area contributed by atoms with Crippen LogP contribution in [-0.2, 0) is 9.53 Å². The van der Waals surface area contributed by atoms with Gasteiger partial charge in [-0.15, -0.1) is 0 Å². The van der Waals surface area contributed by atoms with Crippen molar-refractivity contribution in [3.05, 3.63) is 53.4 Å². The molecule has 6 atom stereocenters. The maximum atomic E-state index is 14.4. The van der Waals surface area contributed by atoms with Crippen LogP contribution in [0.3, 0.4) is 0 Å². The smallest absolute Gasteiger partial charge is 0.417 e. The summed E-state index contributed by atoms with van der Waals surface area (Å²) in [4.78, 5) is 17.1. The van der Waals surface area contributed by atoms with Gasteiger partial charge in [-0.3, -0.25) is 9.78 Å². The lowest BCUT2D eigenvalue weighted by molar-refractivity contribution is -0.272. The Morgan fingerprint density at radius 1 is 1.26 bits per heavy atom. The molecule has 1 saturated heterocycles. The van der Waals surface area contributed by atoms with Crippen molar-refractivity contribution in [1.82, 2.24) is 4.98 Å². The van der Waals surface area contributed by atoms with Crippen LogP contribution >= 0.6 is 0 Å². The van der Waals surface area contributed by atoms with Crippen LogP contribution in [0.2, 0.25) is 0 Å². The molecule has 0 unspecified atom stereocenters. The van der Waals surface area contributed by atoms with Crippen LogP contribution < -0.4 is 10.1 Å². The van der Waals surface area contributed by atoms with Crippen LogP contribution in [0.4, 0.5) is 27.6 Å². The van der Waals surface area contributed by atoms with Crippen molar-refractivity contribution < 1.29 is 46.4 Å². The minimum absolute atomic E-state index is 0.0115. The second-order valence-electron chi connectivity index (χ2n) is 8.59. The molecule has 1 aromatic carbocycles. The lowest BCUT2D eigenvalue weighted by Crippen LogP contribution is -2.47. The summed E-state index contributed by atoms with van der Waals surface area (Å²) in [7, 11) is 1.03. The maximum Gasteiger partial charge on any atom is 0.417 e. The Hall–Kier alpha value is -2.83. The van der Waals surface area contributed by atoms with E-state index >= 15 is 0 Å². The number of hydrogen-bond acceptors (Lipinski definition) is 6. The van der Waals surface area contributed by atoms with Gasteiger partial charge in [0, 0.05) is 29.3 Å². The first-order valence-electron chi connectivity index (χ1n) is 10.6. The summed E-state index contributed by atoms with van der Waals surface area (Å²) >= 11 is 0. The zero-order chi connectivity index (χ0) is 26.3. The molecule has 3 N–H and O–H groups in total. The molecule has 0 radical (unpaired) electrons. The van der Waals surface area contributed by atoms with Crippen molar-refractivity contribution in [3.8, 4) is 5.75 Å². The Morgan fingerprint density at radius 2 is 1.91 bits per heavy atom. The van der Waals surface area contributed by atoms with Gasteiger partial charge < -0.3 is 25.0 Å². The van der Waals surface area contributed by atoms with E-state index in [-0.39, 0.29) is 16.9 Å². The highest BCUT2D eigenvalue weighted by atomic mass is 19.4. The topological polar surface area (TPSA) is 101 Å². The summed E-state index contributed by atoms with van der Waals surface area (Å²) in [6.45, 7) is 3.31. The van der Waals surface area contributed by atoms with Gasteiger partial charge in [0.15, 0.2) is 17.2 Å². The Balaban J connectivity index is 2.04. The molecule has 35 heavy (non-hydrogen) atoms. The number of aliphatic hydroxyl groups is 2. The normalized spacial score (nSPS) is 26.3. The molecule has 1 aromatic heterocycles. The van der Waals surface area contributed by atoms with Gasteiger partial charge in [-0.2, -0.15) is 17.6 Å². The van der Waals surface area contributed by atoms with Crippen LogP contribution in [0.25, 0.3) is 0 Å². The summed E-state index contributed by atoms with van der Waals surface area (Å²) in [5.74, 6) is -7.05. The van der Waals surface area contributed by atoms with Gasteiger partial charge in [0.25, 0.3) is 5.91 Å². The molecule has 12 heteroatoms. The van der Waals surface area contributed by atoms with E-state index in [2.05, 4.69) is 10.3 Å². The molecular formula is C23H25F5N2O5. The van der Waals surface area contributed by atoms with Gasteiger partial charge in [-0.25, -0.2) is 4.39 Å². The average Bonchev–Trinajstić information content (AvgIpc) is 3.07. The fraction of sp³-hybridized carbons (Fsp3) is 0.478. The number of alkyl halides is 3. The summed E-state index contributed by atoms with van der Waals surface area (Å²) in [5, 5.41) is 22.0. The third-order valence-electron chi connectivity index (χ3n) is 6.38. The van der Waals surface area contributed by atoms with Crippen LogP contribution in [0, 0.1) is 17.6 Å². The van der Waals surface area contributed by atoms with Gasteiger partial charge in [-0.05, 0) is 32.0 Å². The number of aliphatic hydroxyl groups excluding tert-OH is 2. The number of nitrogens with one attached hydrogen (secondary N) is 1. The van der Waals surface area contributed by atoms with E-state index in [4.69, 9.17) is 9.47 Å². The Kier molecular flexibility index (Phi) is 7.39. The molecule has 3 rings (SSSR count). The molecule has 0 spiro atoms. The molecule has 192 valence electrons. The van der Waals surface area contributed by atoms with E-state index in [1.165, 1.54) is 32.2 Å². The Morgan fingerprint density at radius 3 is 2.49 bits per heavy atom. The standard InChI is InChI=1S/C23H25F5N2O5/c1-10-16(13-5-6-14(24)17(25)19(13)34-4)20(35-22(10,3)23(26,27)28)21(33)30-12-7-8-29-15(9-12)18(32)11(2)31/h5-11,16,18,20,31-32H,1-4H3,(H,29,30,33)/t10-,11+,16-,18+,20+,22+/m0/s1. The zero-order valence-electron chi connectivity index (χ0n) is 19.2. The van der Waals surface area contributed by atoms with Crippen molar-refractivity contribution in [2.75, 3.05) is 12.4 Å². The highest BCUT2D eigenvalue weighted by molar-refractivity contribution is 5.95. The van der Waals surface area contributed by atoms with Crippen molar-refractivity contribution in [2.45, 2.75) is 56.8 Å². The highest BCUT2D eigenvalue weighted by Gasteiger charge is 2.65. The number of carbonyl (C=O) groups excluding carboxylic acids is 1. The second kappa shape index (κ2) is 9.67. The van der Waals surface area contributed by atoms with Crippen molar-refractivity contribution in [1.29, 1.82) is 0 Å². The van der Waals surface area contributed by atoms with E-state index in [9.17, 15) is 37.0 Å². The molecule has 1 aliphatic heterocycles. The lowest BCUT2D eigenvalue weighted by atomic mass is 9.77. The lowest BCUT2D eigenvalue weighted by Gasteiger charge is -2.32. The fourth-order valence-corrected chi connectivity index (χ4v) is 4.19. The van der Waals surface area contributed by atoms with Crippen LogP contribution in [-0.4, -0.2) is 52.2 Å². The number of ether oxygens (including phenoxy) is 2. The number of aromatic nitrogens is 1. The number of nitrogens with zero attached hydrogens (tertiary/aromatic N) is 1. The third-order valence-corrected chi connectivity index (χ3v) is 6.38. The number of carbonyl (C=O) groups is 1. The van der Waals surface area contributed by atoms with E-state index < -0.39 is 65.2 Å². The number of benzene rings is 1. The van der Waals surface area contributed by atoms with Gasteiger partial charge >= 0.3 is 6.18 Å². The summed E-state index contributed by atoms with van der Waals surface area (Å²) in [6.07, 6.45) is -7.98. The van der Waals surface area contributed by atoms with Crippen molar-refractivity contribution in [2.24, 2.45) is 5.92 Å². The molecule has 0 aliphatic carbocycles. The number of hydrogen-bond donors (Lipinski definition) is 3. The summed E-state index contributed by atoms with van der Waals surface area (Å²) < 4.78 is 80.5. The van der Waals surface area contributed by atoms with E-state index in [1.54, 1.807) is 0 Å². The first-order chi connectivity index (χ1) is 16.2. The quantitative estimate of drug-likeness (QED) is 0.517. The first kappa shape index (κ1) is 26.8. The number of anilines is 1. The van der Waals surface area contributed by atoms with E-state index in [0.29, 0.717) is 0 Å². The molecule has 2 heterocycles. The number of amides is 1. The first-order valence-corrected chi connectivity index (χ1v) is 10.6. The van der Waals surface area contributed by atoms with Crippen LogP contribution in [0.1, 0.15) is 44.1 Å². The average molecular weight is 504 g/mol. The molecule has 0 saturated carbocycles. The molecular weight excluding hydrogens is 479 g/mol. The summed E-state index contributed by atoms with van der Waals surface area (Å²) in [5.41, 5.74) is -2.88. The fourth-order valence-electron chi connectivity index (χ4n) is 4.19. The summed E-state index contributed by atoms with van der Waals surface area (Å²) in [6, 6.07) is 4.37. The highest BCUT2D eigenvalue weighted by Crippen LogP contribution is 2.55. The second-order valence-corrected chi connectivity index (χ2v) is 8.59. The predicted molar refractivity (Wildman–Crippen MR) is 114 cm³/mol. The van der Waals surface area contributed by atoms with Crippen LogP contribution in [0.15, 0.2) is 30.5 Å². The predicted octanol–water partition coefficient (Wildman–Crippen LogP) is 3.86. The SMILES string of the molecule is COc1c([C@H]2[C@H](C(=O)Nc3ccnc([C@H](O)[C@@H](C)O)c3)O[C@@](C)(C(F)(F)F)[C@H]2C)ccc(F)c1F. The van der Waals surface area contributed by atoms with Gasteiger partial charge in [0.2, 0.25) is 5.82 Å². The van der Waals surface area contributed by atoms with Gasteiger partial charge in [-0.1, -0.05) is 13.0 Å². The minimum atomic E-state index is -4.89. The Bertz CT molecular complexity index is 1100. The molecule has 1 fully saturated rings. The minimum Gasteiger partial charge on any atom is -0.493 e. The van der Waals surface area contributed by atoms with Crippen molar-refractivity contribution >= 4 is 11.6 Å². The molecule has 2 aromatic rings. The van der Waals surface area contributed by atoms with E-state index in [0.717, 1.165) is 26.2 Å². The molecule has 0 bridgehead atoms. The monoisotopic (exact) mass is 504 g/mol. The van der Waals surface area contributed by atoms with Gasteiger partial charge in [0.1, 0.15) is 12.2 Å². The molecule has 7 nitrogen and oxygen atoms in total. The largest absolute Gasteiger partial charge is 0.493 e. The number of methoxy groups -OCH3 is 1.